The number of carbonyl (C=O) groups is 1. The van der Waals surface area contributed by atoms with E-state index in [1.54, 1.807) is 17.0 Å². The van der Waals surface area contributed by atoms with Crippen LogP contribution in [0.5, 0.6) is 0 Å². The van der Waals surface area contributed by atoms with E-state index in [2.05, 4.69) is 9.59 Å². The van der Waals surface area contributed by atoms with Crippen molar-refractivity contribution in [3.8, 4) is 10.4 Å². The van der Waals surface area contributed by atoms with Gasteiger partial charge in [0.1, 0.15) is 0 Å². The molecule has 5 nitrogen and oxygen atoms in total. The number of amides is 1. The maximum Gasteiger partial charge on any atom is 0.276 e. The Bertz CT molecular complexity index is 664. The number of hydrogen-bond acceptors (Lipinski definition) is 5. The van der Waals surface area contributed by atoms with Crippen molar-refractivity contribution in [2.75, 3.05) is 13.1 Å². The average molecular weight is 338 g/mol. The lowest BCUT2D eigenvalue weighted by atomic mass is 10.1. The van der Waals surface area contributed by atoms with Gasteiger partial charge in [0, 0.05) is 18.1 Å². The van der Waals surface area contributed by atoms with Crippen LogP contribution in [0.3, 0.4) is 0 Å². The van der Waals surface area contributed by atoms with Gasteiger partial charge in [-0.2, -0.15) is 0 Å². The molecular formula is C15H16ClN3O2S. The molecule has 0 unspecified atom stereocenters. The second kappa shape index (κ2) is 6.32. The minimum Gasteiger partial charge on any atom is -0.372 e. The molecule has 1 aromatic carbocycles. The van der Waals surface area contributed by atoms with Gasteiger partial charge >= 0.3 is 0 Å². The minimum atomic E-state index is -0.0966. The second-order valence-corrected chi connectivity index (χ2v) is 6.62. The Labute approximate surface area is 138 Å². The Kier molecular flexibility index (Phi) is 4.42. The standard InChI is InChI=1S/C15H16ClN3O2S/c1-9-7-19(8-10(2)21-9)15(20)13-14(22-18-17-13)11-3-5-12(16)6-4-11/h3-6,9-10H,7-8H2,1-2H3/t9-,10-/m1/s1. The van der Waals surface area contributed by atoms with E-state index >= 15 is 0 Å². The number of rotatable bonds is 2. The molecular weight excluding hydrogens is 322 g/mol. The molecule has 1 amide bonds. The maximum absolute atomic E-state index is 12.8. The predicted octanol–water partition coefficient (Wildman–Crippen LogP) is 3.11. The van der Waals surface area contributed by atoms with Gasteiger partial charge in [0.15, 0.2) is 5.69 Å². The molecule has 2 atom stereocenters. The van der Waals surface area contributed by atoms with Crippen molar-refractivity contribution in [3.05, 3.63) is 35.0 Å². The zero-order valence-electron chi connectivity index (χ0n) is 12.3. The lowest BCUT2D eigenvalue weighted by Gasteiger charge is -2.35. The van der Waals surface area contributed by atoms with E-state index < -0.39 is 0 Å². The fourth-order valence-electron chi connectivity index (χ4n) is 2.61. The third-order valence-electron chi connectivity index (χ3n) is 3.50. The van der Waals surface area contributed by atoms with E-state index in [1.807, 2.05) is 26.0 Å². The summed E-state index contributed by atoms with van der Waals surface area (Å²) < 4.78 is 9.62. The number of hydrogen-bond donors (Lipinski definition) is 0. The van der Waals surface area contributed by atoms with Crippen LogP contribution in [0.1, 0.15) is 24.3 Å². The molecule has 1 aromatic heterocycles. The topological polar surface area (TPSA) is 55.3 Å². The summed E-state index contributed by atoms with van der Waals surface area (Å²) in [6, 6.07) is 7.34. The van der Waals surface area contributed by atoms with Gasteiger partial charge in [-0.05, 0) is 43.1 Å². The molecule has 1 aliphatic heterocycles. The van der Waals surface area contributed by atoms with Crippen LogP contribution in [0.4, 0.5) is 0 Å². The number of aromatic nitrogens is 2. The summed E-state index contributed by atoms with van der Waals surface area (Å²) in [6.45, 7) is 5.08. The van der Waals surface area contributed by atoms with Crippen LogP contribution in [0, 0.1) is 0 Å². The Balaban J connectivity index is 1.88. The Morgan fingerprint density at radius 2 is 1.91 bits per heavy atom. The molecule has 2 heterocycles. The highest BCUT2D eigenvalue weighted by molar-refractivity contribution is 7.09. The molecule has 0 aliphatic carbocycles. The van der Waals surface area contributed by atoms with Gasteiger partial charge in [0.05, 0.1) is 17.1 Å². The molecule has 7 heteroatoms. The van der Waals surface area contributed by atoms with Gasteiger partial charge in [-0.1, -0.05) is 28.2 Å². The van der Waals surface area contributed by atoms with Crippen molar-refractivity contribution in [3.63, 3.8) is 0 Å². The molecule has 0 saturated carbocycles. The van der Waals surface area contributed by atoms with E-state index in [0.717, 1.165) is 10.4 Å². The summed E-state index contributed by atoms with van der Waals surface area (Å²) in [7, 11) is 0. The van der Waals surface area contributed by atoms with Crippen molar-refractivity contribution in [2.24, 2.45) is 0 Å². The van der Waals surface area contributed by atoms with Gasteiger partial charge in [-0.25, -0.2) is 0 Å². The van der Waals surface area contributed by atoms with Gasteiger partial charge in [-0.3, -0.25) is 4.79 Å². The molecule has 0 bridgehead atoms. The summed E-state index contributed by atoms with van der Waals surface area (Å²) in [4.78, 5) is 15.3. The highest BCUT2D eigenvalue weighted by Crippen LogP contribution is 2.28. The summed E-state index contributed by atoms with van der Waals surface area (Å²) in [5, 5.41) is 4.70. The fraction of sp³-hybridized carbons (Fsp3) is 0.400. The summed E-state index contributed by atoms with van der Waals surface area (Å²) in [5.74, 6) is -0.0966. The molecule has 0 spiro atoms. The lowest BCUT2D eigenvalue weighted by molar-refractivity contribution is -0.0587. The van der Waals surface area contributed by atoms with Crippen molar-refractivity contribution in [1.29, 1.82) is 0 Å². The Morgan fingerprint density at radius 3 is 2.55 bits per heavy atom. The lowest BCUT2D eigenvalue weighted by Crippen LogP contribution is -2.48. The smallest absolute Gasteiger partial charge is 0.276 e. The number of morpholine rings is 1. The van der Waals surface area contributed by atoms with E-state index in [0.29, 0.717) is 23.8 Å². The fourth-order valence-corrected chi connectivity index (χ4v) is 3.40. The zero-order valence-corrected chi connectivity index (χ0v) is 13.9. The normalized spacial score (nSPS) is 21.9. The molecule has 1 aliphatic rings. The molecule has 1 saturated heterocycles. The first-order chi connectivity index (χ1) is 10.5. The van der Waals surface area contributed by atoms with Crippen LogP contribution in [0.15, 0.2) is 24.3 Å². The number of halogens is 1. The van der Waals surface area contributed by atoms with Gasteiger partial charge < -0.3 is 9.64 Å². The quantitative estimate of drug-likeness (QED) is 0.845. The van der Waals surface area contributed by atoms with Crippen molar-refractivity contribution in [1.82, 2.24) is 14.5 Å². The van der Waals surface area contributed by atoms with E-state index in [9.17, 15) is 4.79 Å². The number of nitrogens with zero attached hydrogens (tertiary/aromatic N) is 3. The van der Waals surface area contributed by atoms with Gasteiger partial charge in [0.2, 0.25) is 0 Å². The molecule has 116 valence electrons. The maximum atomic E-state index is 12.8. The molecule has 1 fully saturated rings. The van der Waals surface area contributed by atoms with Crippen LogP contribution in [0.25, 0.3) is 10.4 Å². The largest absolute Gasteiger partial charge is 0.372 e. The monoisotopic (exact) mass is 337 g/mol. The van der Waals surface area contributed by atoms with Crippen LogP contribution in [0.2, 0.25) is 5.02 Å². The average Bonchev–Trinajstić information content (AvgIpc) is 2.95. The van der Waals surface area contributed by atoms with Crippen LogP contribution in [-0.2, 0) is 4.74 Å². The Hall–Kier alpha value is -1.50. The highest BCUT2D eigenvalue weighted by Gasteiger charge is 2.29. The minimum absolute atomic E-state index is 0.0262. The summed E-state index contributed by atoms with van der Waals surface area (Å²) >= 11 is 7.13. The van der Waals surface area contributed by atoms with Crippen molar-refractivity contribution < 1.29 is 9.53 Å². The molecule has 3 rings (SSSR count). The number of benzene rings is 1. The third-order valence-corrected chi connectivity index (χ3v) is 4.53. The SMILES string of the molecule is C[C@@H]1CN(C(=O)c2nnsc2-c2ccc(Cl)cc2)C[C@@H](C)O1. The molecule has 0 N–H and O–H groups in total. The van der Waals surface area contributed by atoms with E-state index in [1.165, 1.54) is 11.5 Å². The van der Waals surface area contributed by atoms with Crippen LogP contribution in [-0.4, -0.2) is 45.7 Å². The summed E-state index contributed by atoms with van der Waals surface area (Å²) in [5.41, 5.74) is 1.30. The van der Waals surface area contributed by atoms with Crippen LogP contribution < -0.4 is 0 Å². The van der Waals surface area contributed by atoms with E-state index in [-0.39, 0.29) is 18.1 Å². The zero-order chi connectivity index (χ0) is 15.7. The molecule has 0 radical (unpaired) electrons. The number of ether oxygens (including phenoxy) is 1. The van der Waals surface area contributed by atoms with Gasteiger partial charge in [-0.15, -0.1) is 5.10 Å². The first-order valence-corrected chi connectivity index (χ1v) is 8.22. The van der Waals surface area contributed by atoms with E-state index in [4.69, 9.17) is 16.3 Å². The number of carbonyl (C=O) groups excluding carboxylic acids is 1. The first kappa shape index (κ1) is 15.4. The molecule has 22 heavy (non-hydrogen) atoms. The summed E-state index contributed by atoms with van der Waals surface area (Å²) in [6.07, 6.45) is 0.0524. The third kappa shape index (κ3) is 3.14. The van der Waals surface area contributed by atoms with Gasteiger partial charge in [0.25, 0.3) is 5.91 Å². The second-order valence-electron chi connectivity index (χ2n) is 5.43. The van der Waals surface area contributed by atoms with Crippen molar-refractivity contribution in [2.45, 2.75) is 26.1 Å². The van der Waals surface area contributed by atoms with Crippen molar-refractivity contribution >= 4 is 29.0 Å². The first-order valence-electron chi connectivity index (χ1n) is 7.07. The Morgan fingerprint density at radius 1 is 1.27 bits per heavy atom. The van der Waals surface area contributed by atoms with Crippen LogP contribution >= 0.6 is 23.1 Å². The predicted molar refractivity (Wildman–Crippen MR) is 86.3 cm³/mol. The molecule has 2 aromatic rings. The highest BCUT2D eigenvalue weighted by atomic mass is 35.5.